The molecule has 2 aromatic rings. The predicted molar refractivity (Wildman–Crippen MR) is 51.9 cm³/mol. The van der Waals surface area contributed by atoms with E-state index in [0.717, 1.165) is 5.56 Å². The SMILES string of the molecule is O=C(NCc1cccnc1)c1ccon1. The second kappa shape index (κ2) is 4.36. The highest BCUT2D eigenvalue weighted by atomic mass is 16.5. The van der Waals surface area contributed by atoms with Crippen molar-refractivity contribution in [2.75, 3.05) is 0 Å². The Morgan fingerprint density at radius 3 is 3.07 bits per heavy atom. The molecule has 5 nitrogen and oxygen atoms in total. The van der Waals surface area contributed by atoms with E-state index in [1.807, 2.05) is 12.1 Å². The number of nitrogens with one attached hydrogen (secondary N) is 1. The normalized spacial score (nSPS) is 9.87. The van der Waals surface area contributed by atoms with E-state index in [4.69, 9.17) is 0 Å². The van der Waals surface area contributed by atoms with Gasteiger partial charge in [-0.05, 0) is 11.6 Å². The summed E-state index contributed by atoms with van der Waals surface area (Å²) in [4.78, 5) is 15.4. The van der Waals surface area contributed by atoms with Gasteiger partial charge in [0, 0.05) is 25.0 Å². The summed E-state index contributed by atoms with van der Waals surface area (Å²) >= 11 is 0. The molecule has 0 aliphatic rings. The predicted octanol–water partition coefficient (Wildman–Crippen LogP) is 1.000. The highest BCUT2D eigenvalue weighted by Gasteiger charge is 2.07. The van der Waals surface area contributed by atoms with Crippen LogP contribution in [0, 0.1) is 0 Å². The van der Waals surface area contributed by atoms with Crippen LogP contribution in [0.25, 0.3) is 0 Å². The molecular formula is C10H9N3O2. The van der Waals surface area contributed by atoms with Crippen LogP contribution in [-0.4, -0.2) is 16.0 Å². The van der Waals surface area contributed by atoms with Crippen LogP contribution in [0.1, 0.15) is 16.1 Å². The van der Waals surface area contributed by atoms with Crippen molar-refractivity contribution in [1.29, 1.82) is 0 Å². The van der Waals surface area contributed by atoms with Crippen molar-refractivity contribution < 1.29 is 9.32 Å². The van der Waals surface area contributed by atoms with Crippen LogP contribution in [0.15, 0.2) is 41.4 Å². The summed E-state index contributed by atoms with van der Waals surface area (Å²) in [5.41, 5.74) is 1.22. The van der Waals surface area contributed by atoms with Crippen LogP contribution < -0.4 is 5.32 Å². The molecule has 2 aromatic heterocycles. The number of nitrogens with zero attached hydrogens (tertiary/aromatic N) is 2. The first kappa shape index (κ1) is 9.39. The van der Waals surface area contributed by atoms with Crippen molar-refractivity contribution in [2.24, 2.45) is 0 Å². The van der Waals surface area contributed by atoms with Crippen molar-refractivity contribution in [3.05, 3.63) is 48.1 Å². The summed E-state index contributed by atoms with van der Waals surface area (Å²) in [6.45, 7) is 0.430. The quantitative estimate of drug-likeness (QED) is 0.808. The number of hydrogen-bond donors (Lipinski definition) is 1. The maximum Gasteiger partial charge on any atom is 0.273 e. The van der Waals surface area contributed by atoms with Crippen molar-refractivity contribution >= 4 is 5.91 Å². The van der Waals surface area contributed by atoms with Crippen LogP contribution >= 0.6 is 0 Å². The summed E-state index contributed by atoms with van der Waals surface area (Å²) in [5.74, 6) is -0.257. The number of carbonyl (C=O) groups is 1. The second-order valence-corrected chi connectivity index (χ2v) is 2.93. The molecule has 0 saturated carbocycles. The lowest BCUT2D eigenvalue weighted by Gasteiger charge is -2.01. The molecule has 1 N–H and O–H groups in total. The summed E-state index contributed by atoms with van der Waals surface area (Å²) in [5, 5.41) is 6.23. The van der Waals surface area contributed by atoms with Crippen LogP contribution in [0.3, 0.4) is 0 Å². The number of rotatable bonds is 3. The second-order valence-electron chi connectivity index (χ2n) is 2.93. The Balaban J connectivity index is 1.92. The van der Waals surface area contributed by atoms with Crippen molar-refractivity contribution in [3.8, 4) is 0 Å². The Hall–Kier alpha value is -2.17. The van der Waals surface area contributed by atoms with Gasteiger partial charge in [-0.25, -0.2) is 0 Å². The first-order valence-electron chi connectivity index (χ1n) is 4.44. The minimum Gasteiger partial charge on any atom is -0.364 e. The summed E-state index contributed by atoms with van der Waals surface area (Å²) in [7, 11) is 0. The third kappa shape index (κ3) is 2.40. The molecule has 0 aromatic carbocycles. The van der Waals surface area contributed by atoms with Crippen molar-refractivity contribution in [3.63, 3.8) is 0 Å². The fraction of sp³-hybridized carbons (Fsp3) is 0.100. The zero-order chi connectivity index (χ0) is 10.5. The molecule has 15 heavy (non-hydrogen) atoms. The topological polar surface area (TPSA) is 68.0 Å². The van der Waals surface area contributed by atoms with Crippen LogP contribution in [0.2, 0.25) is 0 Å². The van der Waals surface area contributed by atoms with E-state index < -0.39 is 0 Å². The third-order valence-corrected chi connectivity index (χ3v) is 1.85. The molecule has 0 bridgehead atoms. The Labute approximate surface area is 86.1 Å². The van der Waals surface area contributed by atoms with Gasteiger partial charge in [-0.2, -0.15) is 0 Å². The fourth-order valence-corrected chi connectivity index (χ4v) is 1.11. The average Bonchev–Trinajstić information content (AvgIpc) is 2.81. The molecule has 1 amide bonds. The summed E-state index contributed by atoms with van der Waals surface area (Å²) < 4.78 is 4.56. The Morgan fingerprint density at radius 1 is 1.47 bits per heavy atom. The van der Waals surface area contributed by atoms with E-state index in [0.29, 0.717) is 6.54 Å². The van der Waals surface area contributed by atoms with Crippen molar-refractivity contribution in [1.82, 2.24) is 15.5 Å². The van der Waals surface area contributed by atoms with Gasteiger partial charge >= 0.3 is 0 Å². The minimum atomic E-state index is -0.257. The molecule has 0 atom stereocenters. The number of amides is 1. The first-order valence-corrected chi connectivity index (χ1v) is 4.44. The highest BCUT2D eigenvalue weighted by Crippen LogP contribution is 1.97. The lowest BCUT2D eigenvalue weighted by atomic mass is 10.3. The van der Waals surface area contributed by atoms with Gasteiger partial charge in [0.25, 0.3) is 5.91 Å². The van der Waals surface area contributed by atoms with Gasteiger partial charge in [0.1, 0.15) is 6.26 Å². The van der Waals surface area contributed by atoms with E-state index in [9.17, 15) is 4.79 Å². The molecular weight excluding hydrogens is 194 g/mol. The van der Waals surface area contributed by atoms with Crippen LogP contribution in [0.5, 0.6) is 0 Å². The first-order chi connectivity index (χ1) is 7.36. The Kier molecular flexibility index (Phi) is 2.73. The lowest BCUT2D eigenvalue weighted by molar-refractivity contribution is 0.0942. The Morgan fingerprint density at radius 2 is 2.40 bits per heavy atom. The van der Waals surface area contributed by atoms with Crippen molar-refractivity contribution in [2.45, 2.75) is 6.54 Å². The summed E-state index contributed by atoms with van der Waals surface area (Å²) in [6, 6.07) is 5.21. The lowest BCUT2D eigenvalue weighted by Crippen LogP contribution is -2.23. The van der Waals surface area contributed by atoms with Gasteiger partial charge in [-0.1, -0.05) is 11.2 Å². The van der Waals surface area contributed by atoms with E-state index in [-0.39, 0.29) is 11.6 Å². The van der Waals surface area contributed by atoms with E-state index in [2.05, 4.69) is 20.0 Å². The van der Waals surface area contributed by atoms with Gasteiger partial charge in [-0.15, -0.1) is 0 Å². The van der Waals surface area contributed by atoms with Crippen LogP contribution in [-0.2, 0) is 6.54 Å². The monoisotopic (exact) mass is 203 g/mol. The molecule has 0 unspecified atom stereocenters. The van der Waals surface area contributed by atoms with Gasteiger partial charge in [-0.3, -0.25) is 9.78 Å². The van der Waals surface area contributed by atoms with E-state index in [1.165, 1.54) is 12.3 Å². The van der Waals surface area contributed by atoms with Gasteiger partial charge in [0.15, 0.2) is 5.69 Å². The molecule has 5 heteroatoms. The molecule has 0 radical (unpaired) electrons. The Bertz CT molecular complexity index is 425. The average molecular weight is 203 g/mol. The van der Waals surface area contributed by atoms with Gasteiger partial charge in [0.2, 0.25) is 0 Å². The molecule has 0 aliphatic heterocycles. The zero-order valence-electron chi connectivity index (χ0n) is 7.88. The fourth-order valence-electron chi connectivity index (χ4n) is 1.11. The number of carbonyl (C=O) groups excluding carboxylic acids is 1. The number of aromatic nitrogens is 2. The summed E-state index contributed by atoms with van der Waals surface area (Å²) in [6.07, 6.45) is 4.74. The minimum absolute atomic E-state index is 0.257. The van der Waals surface area contributed by atoms with Gasteiger partial charge in [0.05, 0.1) is 0 Å². The maximum absolute atomic E-state index is 11.4. The third-order valence-electron chi connectivity index (χ3n) is 1.85. The smallest absolute Gasteiger partial charge is 0.273 e. The molecule has 0 spiro atoms. The molecule has 76 valence electrons. The molecule has 0 aliphatic carbocycles. The standard InChI is InChI=1S/C10H9N3O2/c14-10(9-3-5-15-13-9)12-7-8-2-1-4-11-6-8/h1-6H,7H2,(H,12,14). The maximum atomic E-state index is 11.4. The number of hydrogen-bond acceptors (Lipinski definition) is 4. The van der Waals surface area contributed by atoms with E-state index >= 15 is 0 Å². The molecule has 2 rings (SSSR count). The molecule has 0 saturated heterocycles. The van der Waals surface area contributed by atoms with E-state index in [1.54, 1.807) is 12.4 Å². The zero-order valence-corrected chi connectivity index (χ0v) is 7.88. The molecule has 2 heterocycles. The largest absolute Gasteiger partial charge is 0.364 e. The molecule has 0 fully saturated rings. The highest BCUT2D eigenvalue weighted by molar-refractivity contribution is 5.91. The number of pyridine rings is 1. The van der Waals surface area contributed by atoms with Gasteiger partial charge < -0.3 is 9.84 Å². The van der Waals surface area contributed by atoms with Crippen LogP contribution in [0.4, 0.5) is 0 Å².